The van der Waals surface area contributed by atoms with E-state index in [9.17, 15) is 4.79 Å². The van der Waals surface area contributed by atoms with Crippen LogP contribution in [0.2, 0.25) is 5.02 Å². The lowest BCUT2D eigenvalue weighted by molar-refractivity contribution is 0.0605. The third-order valence-electron chi connectivity index (χ3n) is 5.99. The van der Waals surface area contributed by atoms with Crippen molar-refractivity contribution < 1.29 is 9.53 Å². The Morgan fingerprint density at radius 3 is 2.48 bits per heavy atom. The van der Waals surface area contributed by atoms with Crippen LogP contribution in [-0.4, -0.2) is 33.5 Å². The summed E-state index contributed by atoms with van der Waals surface area (Å²) >= 11 is 6.03. The van der Waals surface area contributed by atoms with E-state index in [1.807, 2.05) is 41.6 Å². The van der Waals surface area contributed by atoms with Crippen molar-refractivity contribution in [1.82, 2.24) is 14.5 Å². The summed E-state index contributed by atoms with van der Waals surface area (Å²) in [5.41, 5.74) is 1.83. The van der Waals surface area contributed by atoms with E-state index in [1.54, 1.807) is 19.2 Å². The second-order valence-electron chi connectivity index (χ2n) is 8.05. The highest BCUT2D eigenvalue weighted by atomic mass is 35.5. The highest BCUT2D eigenvalue weighted by Crippen LogP contribution is 2.26. The molecule has 1 aliphatic carbocycles. The number of carbonyl (C=O) groups is 1. The number of rotatable bonds is 7. The zero-order valence-electron chi connectivity index (χ0n) is 17.8. The molecule has 0 aliphatic heterocycles. The van der Waals surface area contributed by atoms with E-state index in [0.717, 1.165) is 42.8 Å². The summed E-state index contributed by atoms with van der Waals surface area (Å²) in [4.78, 5) is 20.1. The maximum atomic E-state index is 13.5. The van der Waals surface area contributed by atoms with Gasteiger partial charge in [-0.1, -0.05) is 43.0 Å². The number of carbonyl (C=O) groups excluding carboxylic acids is 1. The first-order valence-corrected chi connectivity index (χ1v) is 11.2. The van der Waals surface area contributed by atoms with Crippen LogP contribution in [0.3, 0.4) is 0 Å². The normalized spacial score (nSPS) is 14.4. The Bertz CT molecular complexity index is 992. The fraction of sp³-hybridized carbons (Fsp3) is 0.360. The van der Waals surface area contributed by atoms with Crippen molar-refractivity contribution in [3.05, 3.63) is 82.9 Å². The van der Waals surface area contributed by atoms with Gasteiger partial charge in [-0.3, -0.25) is 4.79 Å². The summed E-state index contributed by atoms with van der Waals surface area (Å²) in [6.45, 7) is 1.20. The van der Waals surface area contributed by atoms with Gasteiger partial charge in [0, 0.05) is 35.6 Å². The van der Waals surface area contributed by atoms with Crippen molar-refractivity contribution >= 4 is 17.5 Å². The number of benzene rings is 2. The van der Waals surface area contributed by atoms with Gasteiger partial charge in [-0.2, -0.15) is 0 Å². The number of hydrogen-bond acceptors (Lipinski definition) is 3. The molecular weight excluding hydrogens is 410 g/mol. The van der Waals surface area contributed by atoms with Crippen LogP contribution in [-0.2, 0) is 13.1 Å². The third kappa shape index (κ3) is 5.28. The van der Waals surface area contributed by atoms with E-state index < -0.39 is 0 Å². The molecule has 5 nitrogen and oxygen atoms in total. The number of aromatic nitrogens is 2. The van der Waals surface area contributed by atoms with Gasteiger partial charge in [0.05, 0.1) is 13.7 Å². The van der Waals surface area contributed by atoms with Crippen LogP contribution >= 0.6 is 11.6 Å². The molecule has 162 valence electrons. The number of hydrogen-bond donors (Lipinski definition) is 0. The van der Waals surface area contributed by atoms with Crippen LogP contribution in [0.15, 0.2) is 60.9 Å². The van der Waals surface area contributed by atoms with Gasteiger partial charge in [0.15, 0.2) is 0 Å². The number of imidazole rings is 1. The quantitative estimate of drug-likeness (QED) is 0.485. The minimum Gasteiger partial charge on any atom is -0.497 e. The van der Waals surface area contributed by atoms with Crippen molar-refractivity contribution in [2.75, 3.05) is 7.11 Å². The molecule has 1 fully saturated rings. The van der Waals surface area contributed by atoms with Gasteiger partial charge in [-0.05, 0) is 54.8 Å². The molecule has 0 N–H and O–H groups in total. The Morgan fingerprint density at radius 2 is 1.81 bits per heavy atom. The Balaban J connectivity index is 1.56. The second-order valence-corrected chi connectivity index (χ2v) is 8.49. The Morgan fingerprint density at radius 1 is 1.10 bits per heavy atom. The topological polar surface area (TPSA) is 47.4 Å². The molecule has 0 unspecified atom stereocenters. The predicted molar refractivity (Wildman–Crippen MR) is 123 cm³/mol. The zero-order chi connectivity index (χ0) is 21.6. The molecule has 2 aromatic carbocycles. The Kier molecular flexibility index (Phi) is 6.92. The molecule has 4 rings (SSSR count). The number of ether oxygens (including phenoxy) is 1. The van der Waals surface area contributed by atoms with Crippen LogP contribution in [0.4, 0.5) is 0 Å². The van der Waals surface area contributed by atoms with Crippen molar-refractivity contribution in [3.63, 3.8) is 0 Å². The Hall–Kier alpha value is -2.79. The molecule has 0 spiro atoms. The number of nitrogens with zero attached hydrogens (tertiary/aromatic N) is 3. The maximum absolute atomic E-state index is 13.5. The third-order valence-corrected chi connectivity index (χ3v) is 6.24. The SMILES string of the molecule is COc1ccc(Cn2ccnc2CN(C(=O)c2ccc(Cl)cc2)C2CCCCC2)cc1. The number of methoxy groups -OCH3 is 1. The summed E-state index contributed by atoms with van der Waals surface area (Å²) in [7, 11) is 1.67. The highest BCUT2D eigenvalue weighted by molar-refractivity contribution is 6.30. The van der Waals surface area contributed by atoms with E-state index in [-0.39, 0.29) is 11.9 Å². The monoisotopic (exact) mass is 437 g/mol. The minimum absolute atomic E-state index is 0.0440. The molecule has 6 heteroatoms. The van der Waals surface area contributed by atoms with Crippen molar-refractivity contribution in [2.45, 2.75) is 51.2 Å². The lowest BCUT2D eigenvalue weighted by Crippen LogP contribution is -2.41. The molecule has 1 saturated carbocycles. The van der Waals surface area contributed by atoms with E-state index in [0.29, 0.717) is 23.7 Å². The molecule has 1 amide bonds. The fourth-order valence-corrected chi connectivity index (χ4v) is 4.36. The lowest BCUT2D eigenvalue weighted by atomic mass is 9.93. The van der Waals surface area contributed by atoms with Crippen LogP contribution in [0, 0.1) is 0 Å². The Labute approximate surface area is 188 Å². The summed E-state index contributed by atoms with van der Waals surface area (Å²) in [5.74, 6) is 1.78. The van der Waals surface area contributed by atoms with Gasteiger partial charge in [0.25, 0.3) is 5.91 Å². The van der Waals surface area contributed by atoms with Crippen molar-refractivity contribution in [2.24, 2.45) is 0 Å². The fourth-order valence-electron chi connectivity index (χ4n) is 4.23. The summed E-state index contributed by atoms with van der Waals surface area (Å²) in [6.07, 6.45) is 9.43. The minimum atomic E-state index is 0.0440. The number of halogens is 1. The first-order chi connectivity index (χ1) is 15.1. The summed E-state index contributed by atoms with van der Waals surface area (Å²) < 4.78 is 7.37. The zero-order valence-corrected chi connectivity index (χ0v) is 18.6. The van der Waals surface area contributed by atoms with Gasteiger partial charge in [-0.15, -0.1) is 0 Å². The molecule has 0 bridgehead atoms. The molecule has 0 radical (unpaired) electrons. The molecule has 1 aromatic heterocycles. The van der Waals surface area contributed by atoms with Crippen LogP contribution < -0.4 is 4.74 Å². The molecular formula is C25H28ClN3O2. The molecule has 1 aliphatic rings. The first-order valence-electron chi connectivity index (χ1n) is 10.8. The van der Waals surface area contributed by atoms with Crippen molar-refractivity contribution in [3.8, 4) is 5.75 Å². The van der Waals surface area contributed by atoms with E-state index in [2.05, 4.69) is 21.7 Å². The van der Waals surface area contributed by atoms with Crippen LogP contribution in [0.25, 0.3) is 0 Å². The van der Waals surface area contributed by atoms with E-state index >= 15 is 0 Å². The van der Waals surface area contributed by atoms with Gasteiger partial charge in [0.1, 0.15) is 11.6 Å². The summed E-state index contributed by atoms with van der Waals surface area (Å²) in [6, 6.07) is 15.4. The second kappa shape index (κ2) is 10.0. The molecule has 3 aromatic rings. The molecule has 31 heavy (non-hydrogen) atoms. The largest absolute Gasteiger partial charge is 0.497 e. The molecule has 1 heterocycles. The highest BCUT2D eigenvalue weighted by Gasteiger charge is 2.27. The van der Waals surface area contributed by atoms with Gasteiger partial charge in [0.2, 0.25) is 0 Å². The van der Waals surface area contributed by atoms with E-state index in [1.165, 1.54) is 6.42 Å². The lowest BCUT2D eigenvalue weighted by Gasteiger charge is -2.34. The maximum Gasteiger partial charge on any atom is 0.254 e. The standard InChI is InChI=1S/C25H28ClN3O2/c1-31-23-13-7-19(8-14-23)17-28-16-15-27-24(28)18-29(22-5-3-2-4-6-22)25(30)20-9-11-21(26)12-10-20/h7-16,22H,2-6,17-18H2,1H3. The average Bonchev–Trinajstić information content (AvgIpc) is 3.25. The van der Waals surface area contributed by atoms with Gasteiger partial charge >= 0.3 is 0 Å². The van der Waals surface area contributed by atoms with Crippen molar-refractivity contribution in [1.29, 1.82) is 0 Å². The van der Waals surface area contributed by atoms with E-state index in [4.69, 9.17) is 16.3 Å². The molecule has 0 atom stereocenters. The summed E-state index contributed by atoms with van der Waals surface area (Å²) in [5, 5.41) is 0.635. The predicted octanol–water partition coefficient (Wildman–Crippen LogP) is 5.57. The van der Waals surface area contributed by atoms with Crippen LogP contribution in [0.5, 0.6) is 5.75 Å². The smallest absolute Gasteiger partial charge is 0.254 e. The molecule has 0 saturated heterocycles. The van der Waals surface area contributed by atoms with Gasteiger partial charge < -0.3 is 14.2 Å². The first kappa shape index (κ1) is 21.4. The number of amides is 1. The average molecular weight is 438 g/mol. The van der Waals surface area contributed by atoms with Crippen LogP contribution in [0.1, 0.15) is 53.8 Å². The van der Waals surface area contributed by atoms with Gasteiger partial charge in [-0.25, -0.2) is 4.98 Å².